The molecule has 0 saturated carbocycles. The van der Waals surface area contributed by atoms with Gasteiger partial charge >= 0.3 is 0 Å². The van der Waals surface area contributed by atoms with Crippen molar-refractivity contribution in [2.75, 3.05) is 26.2 Å². The first-order chi connectivity index (χ1) is 13.3. The van der Waals surface area contributed by atoms with E-state index in [0.29, 0.717) is 37.4 Å². The molecule has 28 heavy (non-hydrogen) atoms. The van der Waals surface area contributed by atoms with Gasteiger partial charge in [0.05, 0.1) is 16.4 Å². The van der Waals surface area contributed by atoms with E-state index in [1.165, 1.54) is 33.8 Å². The zero-order valence-corrected chi connectivity index (χ0v) is 17.1. The fourth-order valence-corrected chi connectivity index (χ4v) is 6.35. The predicted octanol–water partition coefficient (Wildman–Crippen LogP) is 2.85. The third kappa shape index (κ3) is 3.26. The number of likely N-dealkylation sites (tertiary alicyclic amines) is 1. The molecule has 150 valence electrons. The number of nitrogens with zero attached hydrogens (tertiary/aromatic N) is 2. The van der Waals surface area contributed by atoms with Crippen LogP contribution in [0.4, 0.5) is 4.39 Å². The van der Waals surface area contributed by atoms with Crippen LogP contribution in [-0.4, -0.2) is 55.5 Å². The number of piperidine rings is 1. The molecule has 1 spiro atoms. The number of rotatable bonds is 3. The van der Waals surface area contributed by atoms with Crippen molar-refractivity contribution < 1.29 is 22.3 Å². The van der Waals surface area contributed by atoms with Gasteiger partial charge in [-0.3, -0.25) is 4.79 Å². The molecule has 0 unspecified atom stereocenters. The van der Waals surface area contributed by atoms with Crippen LogP contribution >= 0.6 is 11.3 Å². The second-order valence-electron chi connectivity index (χ2n) is 7.05. The number of hydrogen-bond donors (Lipinski definition) is 0. The highest BCUT2D eigenvalue weighted by molar-refractivity contribution is 7.89. The largest absolute Gasteiger partial charge is 0.358 e. The molecule has 2 aliphatic heterocycles. The number of halogens is 1. The van der Waals surface area contributed by atoms with E-state index in [1.54, 1.807) is 17.9 Å². The highest BCUT2D eigenvalue weighted by Gasteiger charge is 2.51. The van der Waals surface area contributed by atoms with Gasteiger partial charge in [-0.05, 0) is 42.1 Å². The van der Waals surface area contributed by atoms with Crippen LogP contribution in [0.1, 0.15) is 28.1 Å². The van der Waals surface area contributed by atoms with Gasteiger partial charge in [0.2, 0.25) is 10.0 Å². The average Bonchev–Trinajstić information content (AvgIpc) is 3.35. The van der Waals surface area contributed by atoms with Crippen LogP contribution < -0.4 is 0 Å². The van der Waals surface area contributed by atoms with E-state index in [9.17, 15) is 17.6 Å². The van der Waals surface area contributed by atoms with Gasteiger partial charge in [-0.15, -0.1) is 11.3 Å². The molecule has 9 heteroatoms. The Bertz CT molecular complexity index is 983. The summed E-state index contributed by atoms with van der Waals surface area (Å²) in [4.78, 5) is 15.0. The summed E-state index contributed by atoms with van der Waals surface area (Å²) in [5, 5.41) is 1.86. The van der Waals surface area contributed by atoms with Gasteiger partial charge in [-0.1, -0.05) is 6.07 Å². The van der Waals surface area contributed by atoms with Gasteiger partial charge in [0, 0.05) is 32.5 Å². The molecule has 0 N–H and O–H groups in total. The topological polar surface area (TPSA) is 66.9 Å². The molecule has 6 nitrogen and oxygen atoms in total. The average molecular weight is 425 g/mol. The zero-order valence-electron chi connectivity index (χ0n) is 15.4. The van der Waals surface area contributed by atoms with Gasteiger partial charge in [0.1, 0.15) is 11.5 Å². The fraction of sp³-hybridized carbons (Fsp3) is 0.421. The molecule has 2 fully saturated rings. The molecule has 4 rings (SSSR count). The number of hydrogen-bond acceptors (Lipinski definition) is 5. The maximum absolute atomic E-state index is 13.6. The Labute approximate surface area is 167 Å². The van der Waals surface area contributed by atoms with Crippen LogP contribution in [0.25, 0.3) is 0 Å². The molecular weight excluding hydrogens is 403 g/mol. The van der Waals surface area contributed by atoms with E-state index < -0.39 is 21.6 Å². The maximum atomic E-state index is 13.6. The lowest BCUT2D eigenvalue weighted by molar-refractivity contribution is -0.0856. The standard InChI is InChI=1S/C19H21FN2O4S2/c1-14-13-15(4-5-16(14)20)28(24,25)22-10-11-26-19(22)6-8-21(9-7-19)18(23)17-3-2-12-27-17/h2-5,12-13H,6-11H2,1H3. The van der Waals surface area contributed by atoms with Crippen LogP contribution in [0.2, 0.25) is 0 Å². The summed E-state index contributed by atoms with van der Waals surface area (Å²) in [6, 6.07) is 7.44. The summed E-state index contributed by atoms with van der Waals surface area (Å²) in [6.45, 7) is 2.94. The van der Waals surface area contributed by atoms with Crippen molar-refractivity contribution in [1.82, 2.24) is 9.21 Å². The number of carbonyl (C=O) groups excluding carboxylic acids is 1. The summed E-state index contributed by atoms with van der Waals surface area (Å²) in [5.74, 6) is -0.474. The number of benzene rings is 1. The number of amides is 1. The third-order valence-corrected chi connectivity index (χ3v) is 8.20. The maximum Gasteiger partial charge on any atom is 0.263 e. The quantitative estimate of drug-likeness (QED) is 0.760. The molecule has 0 bridgehead atoms. The number of aryl methyl sites for hydroxylation is 1. The van der Waals surface area contributed by atoms with E-state index in [1.807, 2.05) is 11.4 Å². The summed E-state index contributed by atoms with van der Waals surface area (Å²) in [7, 11) is -3.83. The van der Waals surface area contributed by atoms with Gasteiger partial charge in [-0.25, -0.2) is 12.8 Å². The second kappa shape index (κ2) is 7.22. The summed E-state index contributed by atoms with van der Waals surface area (Å²) in [6.07, 6.45) is 0.813. The van der Waals surface area contributed by atoms with Crippen molar-refractivity contribution in [3.05, 3.63) is 52.0 Å². The molecule has 1 amide bonds. The van der Waals surface area contributed by atoms with E-state index >= 15 is 0 Å². The molecule has 1 aromatic carbocycles. The highest BCUT2D eigenvalue weighted by Crippen LogP contribution is 2.38. The van der Waals surface area contributed by atoms with Crippen LogP contribution in [-0.2, 0) is 14.8 Å². The minimum atomic E-state index is -3.83. The van der Waals surface area contributed by atoms with Crippen LogP contribution in [0.5, 0.6) is 0 Å². The summed E-state index contributed by atoms with van der Waals surface area (Å²) in [5.41, 5.74) is -0.667. The molecule has 0 aliphatic carbocycles. The van der Waals surface area contributed by atoms with Crippen molar-refractivity contribution in [2.24, 2.45) is 0 Å². The number of sulfonamides is 1. The Hall–Kier alpha value is -1.81. The van der Waals surface area contributed by atoms with Crippen molar-refractivity contribution >= 4 is 27.3 Å². The van der Waals surface area contributed by atoms with Crippen molar-refractivity contribution in [3.63, 3.8) is 0 Å². The van der Waals surface area contributed by atoms with Crippen molar-refractivity contribution in [2.45, 2.75) is 30.4 Å². The van der Waals surface area contributed by atoms with Crippen LogP contribution in [0.3, 0.4) is 0 Å². The Morgan fingerprint density at radius 1 is 1.21 bits per heavy atom. The number of carbonyl (C=O) groups is 1. The molecule has 3 heterocycles. The molecule has 1 aromatic heterocycles. The summed E-state index contributed by atoms with van der Waals surface area (Å²) >= 11 is 1.39. The van der Waals surface area contributed by atoms with Gasteiger partial charge in [-0.2, -0.15) is 4.31 Å². The van der Waals surface area contributed by atoms with E-state index in [-0.39, 0.29) is 22.9 Å². The van der Waals surface area contributed by atoms with Gasteiger partial charge < -0.3 is 9.64 Å². The third-order valence-electron chi connectivity index (χ3n) is 5.40. The monoisotopic (exact) mass is 424 g/mol. The molecule has 2 saturated heterocycles. The zero-order chi connectivity index (χ0) is 19.9. The Balaban J connectivity index is 1.55. The van der Waals surface area contributed by atoms with Crippen LogP contribution in [0, 0.1) is 12.7 Å². The second-order valence-corrected chi connectivity index (χ2v) is 9.86. The van der Waals surface area contributed by atoms with Crippen molar-refractivity contribution in [3.8, 4) is 0 Å². The Kier molecular flexibility index (Phi) is 5.03. The van der Waals surface area contributed by atoms with Crippen LogP contribution in [0.15, 0.2) is 40.6 Å². The number of ether oxygens (including phenoxy) is 1. The SMILES string of the molecule is Cc1cc(S(=O)(=O)N2CCOC23CCN(C(=O)c2cccs2)CC3)ccc1F. The van der Waals surface area contributed by atoms with Gasteiger partial charge in [0.25, 0.3) is 5.91 Å². The lowest BCUT2D eigenvalue weighted by Crippen LogP contribution is -2.55. The molecular formula is C19H21FN2O4S2. The first-order valence-electron chi connectivity index (χ1n) is 9.09. The lowest BCUT2D eigenvalue weighted by atomic mass is 10.0. The van der Waals surface area contributed by atoms with E-state index in [0.717, 1.165) is 0 Å². The predicted molar refractivity (Wildman–Crippen MR) is 103 cm³/mol. The minimum absolute atomic E-state index is 0.0357. The Morgan fingerprint density at radius 3 is 2.61 bits per heavy atom. The summed E-state index contributed by atoms with van der Waals surface area (Å²) < 4.78 is 47.3. The number of thiophene rings is 1. The minimum Gasteiger partial charge on any atom is -0.358 e. The normalized spacial score (nSPS) is 20.0. The molecule has 2 aliphatic rings. The van der Waals surface area contributed by atoms with Crippen molar-refractivity contribution in [1.29, 1.82) is 0 Å². The molecule has 2 aromatic rings. The molecule has 0 radical (unpaired) electrons. The smallest absolute Gasteiger partial charge is 0.263 e. The first-order valence-corrected chi connectivity index (χ1v) is 11.4. The Morgan fingerprint density at radius 2 is 1.96 bits per heavy atom. The fourth-order valence-electron chi connectivity index (χ4n) is 3.85. The highest BCUT2D eigenvalue weighted by atomic mass is 32.2. The molecule has 0 atom stereocenters. The van der Waals surface area contributed by atoms with E-state index in [4.69, 9.17) is 4.74 Å². The first kappa shape index (κ1) is 19.5. The van der Waals surface area contributed by atoms with Gasteiger partial charge in [0.15, 0.2) is 0 Å². The lowest BCUT2D eigenvalue weighted by Gasteiger charge is -2.42. The van der Waals surface area contributed by atoms with E-state index in [2.05, 4.69) is 0 Å².